The normalized spacial score (nSPS) is 12.4. The minimum Gasteiger partial charge on any atom is -0.453 e. The van der Waals surface area contributed by atoms with Crippen molar-refractivity contribution in [1.29, 1.82) is 0 Å². The second kappa shape index (κ2) is 7.01. The van der Waals surface area contributed by atoms with Crippen molar-refractivity contribution in [3.63, 3.8) is 0 Å². The van der Waals surface area contributed by atoms with Gasteiger partial charge in [-0.1, -0.05) is 66.7 Å². The van der Waals surface area contributed by atoms with Crippen molar-refractivity contribution in [2.45, 2.75) is 0 Å². The van der Waals surface area contributed by atoms with E-state index in [-0.39, 0.29) is 0 Å². The highest BCUT2D eigenvalue weighted by Crippen LogP contribution is 2.54. The van der Waals surface area contributed by atoms with Crippen molar-refractivity contribution in [3.05, 3.63) is 121 Å². The van der Waals surface area contributed by atoms with Crippen LogP contribution in [0.1, 0.15) is 0 Å². The Bertz CT molecular complexity index is 1630. The van der Waals surface area contributed by atoms with E-state index < -0.39 is 0 Å². The third-order valence-corrected chi connectivity index (χ3v) is 6.35. The van der Waals surface area contributed by atoms with Gasteiger partial charge in [0.2, 0.25) is 0 Å². The highest BCUT2D eigenvalue weighted by Gasteiger charge is 2.29. The number of anilines is 3. The van der Waals surface area contributed by atoms with Gasteiger partial charge in [-0.25, -0.2) is 0 Å². The molecule has 6 aromatic rings. The number of fused-ring (bicyclic) bond motifs is 6. The molecule has 0 aliphatic carbocycles. The zero-order chi connectivity index (χ0) is 21.8. The van der Waals surface area contributed by atoms with E-state index in [1.54, 1.807) is 0 Å². The SMILES string of the molecule is c1ccc(N2c3ccccc3Oc3ccc4c(c32)c2ccccc2n4-c2ccccc2)cc1. The van der Waals surface area contributed by atoms with Crippen LogP contribution in [-0.4, -0.2) is 4.57 Å². The van der Waals surface area contributed by atoms with Crippen molar-refractivity contribution >= 4 is 38.9 Å². The van der Waals surface area contributed by atoms with Gasteiger partial charge in [-0.15, -0.1) is 0 Å². The summed E-state index contributed by atoms with van der Waals surface area (Å²) in [5, 5.41) is 2.39. The standard InChI is InChI=1S/C30H20N2O/c1-3-11-21(12-4-1)31-24-16-8-7-15-23(24)29-26(31)19-20-28-30(29)32(22-13-5-2-6-14-22)25-17-9-10-18-27(25)33-28/h1-20H. The zero-order valence-corrected chi connectivity index (χ0v) is 17.8. The Morgan fingerprint density at radius 1 is 0.485 bits per heavy atom. The number of benzene rings is 5. The second-order valence-corrected chi connectivity index (χ2v) is 8.24. The van der Waals surface area contributed by atoms with Crippen LogP contribution in [0.25, 0.3) is 27.5 Å². The van der Waals surface area contributed by atoms with E-state index >= 15 is 0 Å². The fourth-order valence-electron chi connectivity index (χ4n) is 5.00. The molecule has 0 bridgehead atoms. The maximum Gasteiger partial charge on any atom is 0.152 e. The highest BCUT2D eigenvalue weighted by molar-refractivity contribution is 6.18. The van der Waals surface area contributed by atoms with E-state index in [1.807, 2.05) is 12.1 Å². The van der Waals surface area contributed by atoms with E-state index in [0.717, 1.165) is 39.8 Å². The summed E-state index contributed by atoms with van der Waals surface area (Å²) in [6.07, 6.45) is 0. The van der Waals surface area contributed by atoms with Gasteiger partial charge in [0, 0.05) is 22.1 Å². The topological polar surface area (TPSA) is 17.4 Å². The Morgan fingerprint density at radius 2 is 1.15 bits per heavy atom. The summed E-state index contributed by atoms with van der Waals surface area (Å²) in [6, 6.07) is 42.2. The molecule has 1 aromatic heterocycles. The predicted octanol–water partition coefficient (Wildman–Crippen LogP) is 8.36. The van der Waals surface area contributed by atoms with Gasteiger partial charge in [0.25, 0.3) is 0 Å². The number of hydrogen-bond donors (Lipinski definition) is 0. The molecule has 5 aromatic carbocycles. The fourth-order valence-corrected chi connectivity index (χ4v) is 5.00. The molecule has 1 aliphatic heterocycles. The van der Waals surface area contributed by atoms with Gasteiger partial charge < -0.3 is 14.2 Å². The summed E-state index contributed by atoms with van der Waals surface area (Å²) in [7, 11) is 0. The molecule has 1 aliphatic rings. The van der Waals surface area contributed by atoms with Crippen LogP contribution in [0, 0.1) is 0 Å². The lowest BCUT2D eigenvalue weighted by atomic mass is 10.1. The monoisotopic (exact) mass is 424 g/mol. The molecule has 156 valence electrons. The van der Waals surface area contributed by atoms with E-state index in [0.29, 0.717) is 0 Å². The van der Waals surface area contributed by atoms with Gasteiger partial charge >= 0.3 is 0 Å². The molecular formula is C30H20N2O. The molecule has 33 heavy (non-hydrogen) atoms. The van der Waals surface area contributed by atoms with E-state index in [4.69, 9.17) is 4.74 Å². The average molecular weight is 425 g/mol. The first-order chi connectivity index (χ1) is 16.4. The van der Waals surface area contributed by atoms with Crippen LogP contribution in [0.2, 0.25) is 0 Å². The van der Waals surface area contributed by atoms with Crippen LogP contribution < -0.4 is 9.64 Å². The lowest BCUT2D eigenvalue weighted by Crippen LogP contribution is -2.16. The van der Waals surface area contributed by atoms with Crippen LogP contribution in [0.15, 0.2) is 121 Å². The van der Waals surface area contributed by atoms with E-state index in [2.05, 4.69) is 119 Å². The second-order valence-electron chi connectivity index (χ2n) is 8.24. The molecule has 0 unspecified atom stereocenters. The van der Waals surface area contributed by atoms with Crippen LogP contribution in [0.3, 0.4) is 0 Å². The lowest BCUT2D eigenvalue weighted by molar-refractivity contribution is 0.478. The van der Waals surface area contributed by atoms with Crippen molar-refractivity contribution in [3.8, 4) is 17.2 Å². The summed E-state index contributed by atoms with van der Waals surface area (Å²) >= 11 is 0. The molecule has 0 amide bonds. The van der Waals surface area contributed by atoms with Crippen molar-refractivity contribution < 1.29 is 4.74 Å². The van der Waals surface area contributed by atoms with Gasteiger partial charge in [-0.2, -0.15) is 0 Å². The van der Waals surface area contributed by atoms with Gasteiger partial charge in [0.15, 0.2) is 11.5 Å². The molecule has 0 fully saturated rings. The van der Waals surface area contributed by atoms with Crippen LogP contribution in [0.5, 0.6) is 11.5 Å². The summed E-state index contributed by atoms with van der Waals surface area (Å²) in [6.45, 7) is 0. The smallest absolute Gasteiger partial charge is 0.152 e. The molecule has 3 heteroatoms. The molecule has 3 nitrogen and oxygen atoms in total. The fraction of sp³-hybridized carbons (Fsp3) is 0. The number of aromatic nitrogens is 1. The minimum absolute atomic E-state index is 0.861. The highest BCUT2D eigenvalue weighted by atomic mass is 16.5. The van der Waals surface area contributed by atoms with Crippen LogP contribution in [-0.2, 0) is 0 Å². The molecule has 0 atom stereocenters. The first-order valence-corrected chi connectivity index (χ1v) is 11.1. The molecule has 0 radical (unpaired) electrons. The maximum atomic E-state index is 6.45. The predicted molar refractivity (Wildman–Crippen MR) is 136 cm³/mol. The van der Waals surface area contributed by atoms with Crippen LogP contribution in [0.4, 0.5) is 17.1 Å². The Balaban J connectivity index is 1.64. The first-order valence-electron chi connectivity index (χ1n) is 11.1. The van der Waals surface area contributed by atoms with Crippen LogP contribution >= 0.6 is 0 Å². The number of para-hydroxylation sites is 5. The molecule has 0 saturated heterocycles. The van der Waals surface area contributed by atoms with Gasteiger partial charge in [-0.3, -0.25) is 0 Å². The molecular weight excluding hydrogens is 404 g/mol. The molecule has 0 saturated carbocycles. The Morgan fingerprint density at radius 3 is 1.97 bits per heavy atom. The van der Waals surface area contributed by atoms with Crippen molar-refractivity contribution in [2.24, 2.45) is 0 Å². The summed E-state index contributed by atoms with van der Waals surface area (Å²) < 4.78 is 8.79. The molecule has 2 heterocycles. The molecule has 0 spiro atoms. The first kappa shape index (κ1) is 18.1. The summed E-state index contributed by atoms with van der Waals surface area (Å²) in [5.41, 5.74) is 6.71. The number of hydrogen-bond acceptors (Lipinski definition) is 2. The number of rotatable bonds is 2. The Kier molecular flexibility index (Phi) is 3.84. The van der Waals surface area contributed by atoms with Gasteiger partial charge in [0.05, 0.1) is 22.4 Å². The van der Waals surface area contributed by atoms with E-state index in [1.165, 1.54) is 16.3 Å². The van der Waals surface area contributed by atoms with Gasteiger partial charge in [0.1, 0.15) is 0 Å². The Labute approximate surface area is 191 Å². The zero-order valence-electron chi connectivity index (χ0n) is 17.8. The lowest BCUT2D eigenvalue weighted by Gasteiger charge is -2.33. The third kappa shape index (κ3) is 2.63. The van der Waals surface area contributed by atoms with E-state index in [9.17, 15) is 0 Å². The quantitative estimate of drug-likeness (QED) is 0.277. The molecule has 0 N–H and O–H groups in total. The van der Waals surface area contributed by atoms with Crippen molar-refractivity contribution in [1.82, 2.24) is 4.57 Å². The van der Waals surface area contributed by atoms with Crippen molar-refractivity contribution in [2.75, 3.05) is 4.90 Å². The maximum absolute atomic E-state index is 6.45. The summed E-state index contributed by atoms with van der Waals surface area (Å²) in [4.78, 5) is 2.33. The third-order valence-electron chi connectivity index (χ3n) is 6.35. The minimum atomic E-state index is 0.861. The Hall–Kier alpha value is -4.50. The average Bonchev–Trinajstić information content (AvgIpc) is 3.23. The van der Waals surface area contributed by atoms with Gasteiger partial charge in [-0.05, 0) is 54.6 Å². The number of ether oxygens (including phenoxy) is 1. The molecule has 7 rings (SSSR count). The summed E-state index contributed by atoms with van der Waals surface area (Å²) in [5.74, 6) is 1.72. The largest absolute Gasteiger partial charge is 0.453 e. The number of nitrogens with zero attached hydrogens (tertiary/aromatic N) is 2.